The van der Waals surface area contributed by atoms with Crippen molar-refractivity contribution in [3.05, 3.63) is 35.1 Å². The second kappa shape index (κ2) is 6.32. The molecule has 1 aromatic rings. The summed E-state index contributed by atoms with van der Waals surface area (Å²) in [5.74, 6) is -1.23. The highest BCUT2D eigenvalue weighted by atomic mass is 19.4. The number of halogens is 4. The normalized spacial score (nSPS) is 17.0. The summed E-state index contributed by atoms with van der Waals surface area (Å²) in [6, 6.07) is 3.13. The van der Waals surface area contributed by atoms with Gasteiger partial charge in [-0.1, -0.05) is 6.07 Å². The van der Waals surface area contributed by atoms with Crippen molar-refractivity contribution in [3.63, 3.8) is 0 Å². The molecule has 0 unspecified atom stereocenters. The van der Waals surface area contributed by atoms with Gasteiger partial charge in [-0.25, -0.2) is 4.39 Å². The van der Waals surface area contributed by atoms with Crippen LogP contribution in [0.1, 0.15) is 30.4 Å². The Bertz CT molecular complexity index is 483. The largest absolute Gasteiger partial charge is 0.419 e. The first kappa shape index (κ1) is 16.2. The second-order valence-corrected chi connectivity index (χ2v) is 5.66. The van der Waals surface area contributed by atoms with Gasteiger partial charge < -0.3 is 10.1 Å². The smallest absolute Gasteiger partial charge is 0.385 e. The maximum absolute atomic E-state index is 13.2. The number of rotatable bonds is 7. The zero-order chi connectivity index (χ0) is 15.5. The zero-order valence-corrected chi connectivity index (χ0v) is 11.9. The lowest BCUT2D eigenvalue weighted by Crippen LogP contribution is -2.25. The lowest BCUT2D eigenvalue weighted by molar-refractivity contribution is -0.140. The fraction of sp³-hybridized carbons (Fsp3) is 0.600. The lowest BCUT2D eigenvalue weighted by Gasteiger charge is -2.16. The van der Waals surface area contributed by atoms with E-state index in [-0.39, 0.29) is 5.41 Å². The van der Waals surface area contributed by atoms with Crippen LogP contribution >= 0.6 is 0 Å². The fourth-order valence-electron chi connectivity index (χ4n) is 2.38. The van der Waals surface area contributed by atoms with Gasteiger partial charge in [-0.3, -0.25) is 0 Å². The lowest BCUT2D eigenvalue weighted by atomic mass is 10.0. The minimum absolute atomic E-state index is 0.225. The number of nitrogens with one attached hydrogen (secondary N) is 1. The Balaban J connectivity index is 1.89. The number of methoxy groups -OCH3 is 1. The van der Waals surface area contributed by atoms with Gasteiger partial charge in [-0.15, -0.1) is 0 Å². The molecule has 0 amide bonds. The highest BCUT2D eigenvalue weighted by molar-refractivity contribution is 5.27. The van der Waals surface area contributed by atoms with Crippen molar-refractivity contribution < 1.29 is 22.3 Å². The van der Waals surface area contributed by atoms with E-state index in [9.17, 15) is 17.6 Å². The maximum Gasteiger partial charge on any atom is 0.419 e. The first-order chi connectivity index (χ1) is 9.86. The van der Waals surface area contributed by atoms with Crippen LogP contribution in [-0.2, 0) is 17.5 Å². The van der Waals surface area contributed by atoms with Crippen molar-refractivity contribution in [2.24, 2.45) is 5.41 Å². The van der Waals surface area contributed by atoms with E-state index < -0.39 is 17.6 Å². The molecule has 2 nitrogen and oxygen atoms in total. The predicted molar refractivity (Wildman–Crippen MR) is 71.3 cm³/mol. The SMILES string of the molecule is COCCC1(CNCc2ccc(F)c(C(F)(F)F)c2)CC1. The van der Waals surface area contributed by atoms with E-state index in [1.54, 1.807) is 7.11 Å². The minimum atomic E-state index is -4.66. The summed E-state index contributed by atoms with van der Waals surface area (Å²) in [5, 5.41) is 3.17. The summed E-state index contributed by atoms with van der Waals surface area (Å²) < 4.78 is 56.1. The molecule has 1 fully saturated rings. The standard InChI is InChI=1S/C15H19F4NO/c1-21-7-6-14(4-5-14)10-20-9-11-2-3-13(16)12(8-11)15(17,18)19/h2-3,8,20H,4-7,9-10H2,1H3. The number of ether oxygens (including phenoxy) is 1. The monoisotopic (exact) mass is 305 g/mol. The van der Waals surface area contributed by atoms with Crippen LogP contribution in [0.15, 0.2) is 18.2 Å². The van der Waals surface area contributed by atoms with Crippen LogP contribution in [0.25, 0.3) is 0 Å². The Hall–Kier alpha value is -1.14. The van der Waals surface area contributed by atoms with Gasteiger partial charge in [0.25, 0.3) is 0 Å². The Morgan fingerprint density at radius 3 is 2.57 bits per heavy atom. The van der Waals surface area contributed by atoms with Crippen molar-refractivity contribution in [1.29, 1.82) is 0 Å². The van der Waals surface area contributed by atoms with E-state index in [0.29, 0.717) is 18.7 Å². The van der Waals surface area contributed by atoms with E-state index in [1.165, 1.54) is 6.07 Å². The van der Waals surface area contributed by atoms with E-state index >= 15 is 0 Å². The zero-order valence-electron chi connectivity index (χ0n) is 11.9. The van der Waals surface area contributed by atoms with E-state index in [1.807, 2.05) is 0 Å². The Labute approximate surface area is 121 Å². The summed E-state index contributed by atoms with van der Waals surface area (Å²) >= 11 is 0. The number of benzene rings is 1. The van der Waals surface area contributed by atoms with Crippen molar-refractivity contribution >= 4 is 0 Å². The quantitative estimate of drug-likeness (QED) is 0.775. The highest BCUT2D eigenvalue weighted by Gasteiger charge is 2.41. The van der Waals surface area contributed by atoms with E-state index in [4.69, 9.17) is 4.74 Å². The first-order valence-electron chi connectivity index (χ1n) is 6.92. The van der Waals surface area contributed by atoms with Gasteiger partial charge in [-0.2, -0.15) is 13.2 Å². The van der Waals surface area contributed by atoms with Gasteiger partial charge >= 0.3 is 6.18 Å². The molecule has 0 atom stereocenters. The topological polar surface area (TPSA) is 21.3 Å². The summed E-state index contributed by atoms with van der Waals surface area (Å²) in [4.78, 5) is 0. The van der Waals surface area contributed by atoms with Crippen LogP contribution in [0.3, 0.4) is 0 Å². The van der Waals surface area contributed by atoms with Gasteiger partial charge in [0.05, 0.1) is 5.56 Å². The van der Waals surface area contributed by atoms with Crippen LogP contribution in [-0.4, -0.2) is 20.3 Å². The van der Waals surface area contributed by atoms with Gasteiger partial charge in [0.2, 0.25) is 0 Å². The van der Waals surface area contributed by atoms with Crippen LogP contribution in [0.5, 0.6) is 0 Å². The molecule has 118 valence electrons. The number of alkyl halides is 3. The molecule has 0 spiro atoms. The predicted octanol–water partition coefficient (Wildman–Crippen LogP) is 3.75. The maximum atomic E-state index is 13.2. The third-order valence-corrected chi connectivity index (χ3v) is 3.96. The Kier molecular flexibility index (Phi) is 4.88. The van der Waals surface area contributed by atoms with Crippen LogP contribution < -0.4 is 5.32 Å². The average molecular weight is 305 g/mol. The summed E-state index contributed by atoms with van der Waals surface area (Å²) in [5.41, 5.74) is -0.545. The Morgan fingerprint density at radius 2 is 2.00 bits per heavy atom. The molecule has 0 saturated heterocycles. The first-order valence-corrected chi connectivity index (χ1v) is 6.92. The fourth-order valence-corrected chi connectivity index (χ4v) is 2.38. The third kappa shape index (κ3) is 4.41. The third-order valence-electron chi connectivity index (χ3n) is 3.96. The number of hydrogen-bond donors (Lipinski definition) is 1. The molecule has 1 aliphatic carbocycles. The molecule has 0 aromatic heterocycles. The van der Waals surface area contributed by atoms with E-state index in [0.717, 1.165) is 37.9 Å². The molecule has 0 heterocycles. The summed E-state index contributed by atoms with van der Waals surface area (Å²) in [7, 11) is 1.65. The molecule has 6 heteroatoms. The van der Waals surface area contributed by atoms with Crippen LogP contribution in [0, 0.1) is 11.2 Å². The summed E-state index contributed by atoms with van der Waals surface area (Å²) in [6.07, 6.45) is -1.48. The Morgan fingerprint density at radius 1 is 1.29 bits per heavy atom. The average Bonchev–Trinajstić information content (AvgIpc) is 3.17. The van der Waals surface area contributed by atoms with Crippen molar-refractivity contribution in [2.45, 2.75) is 32.0 Å². The number of hydrogen-bond acceptors (Lipinski definition) is 2. The molecule has 1 aromatic carbocycles. The summed E-state index contributed by atoms with van der Waals surface area (Å²) in [6.45, 7) is 1.74. The van der Waals surface area contributed by atoms with Gasteiger partial charge in [0, 0.05) is 26.8 Å². The van der Waals surface area contributed by atoms with Crippen molar-refractivity contribution in [1.82, 2.24) is 5.32 Å². The van der Waals surface area contributed by atoms with Gasteiger partial charge in [0.1, 0.15) is 5.82 Å². The van der Waals surface area contributed by atoms with Crippen molar-refractivity contribution in [3.8, 4) is 0 Å². The highest BCUT2D eigenvalue weighted by Crippen LogP contribution is 2.48. The van der Waals surface area contributed by atoms with Crippen molar-refractivity contribution in [2.75, 3.05) is 20.3 Å². The molecule has 1 saturated carbocycles. The molecule has 2 rings (SSSR count). The molecular weight excluding hydrogens is 286 g/mol. The molecule has 1 N–H and O–H groups in total. The molecule has 0 bridgehead atoms. The van der Waals surface area contributed by atoms with Crippen LogP contribution in [0.4, 0.5) is 17.6 Å². The van der Waals surface area contributed by atoms with Crippen LogP contribution in [0.2, 0.25) is 0 Å². The minimum Gasteiger partial charge on any atom is -0.385 e. The molecule has 0 radical (unpaired) electrons. The molecule has 1 aliphatic rings. The second-order valence-electron chi connectivity index (χ2n) is 5.66. The molecule has 21 heavy (non-hydrogen) atoms. The molecular formula is C15H19F4NO. The molecule has 0 aliphatic heterocycles. The van der Waals surface area contributed by atoms with Gasteiger partial charge in [-0.05, 0) is 42.4 Å². The van der Waals surface area contributed by atoms with E-state index in [2.05, 4.69) is 5.32 Å². The van der Waals surface area contributed by atoms with Gasteiger partial charge in [0.15, 0.2) is 0 Å².